The van der Waals surface area contributed by atoms with Gasteiger partial charge in [0.25, 0.3) is 0 Å². The third kappa shape index (κ3) is 2.75. The van der Waals surface area contributed by atoms with Gasteiger partial charge in [-0.15, -0.1) is 0 Å². The largest absolute Gasteiger partial charge is 0.376 e. The maximum absolute atomic E-state index is 13.5. The van der Waals surface area contributed by atoms with Crippen molar-refractivity contribution in [3.8, 4) is 0 Å². The van der Waals surface area contributed by atoms with Crippen LogP contribution in [0.3, 0.4) is 0 Å². The molecule has 0 radical (unpaired) electrons. The smallest absolute Gasteiger partial charge is 0.190 e. The first-order valence-corrected chi connectivity index (χ1v) is 14.1. The summed E-state index contributed by atoms with van der Waals surface area (Å²) in [6.07, 6.45) is 2.33. The van der Waals surface area contributed by atoms with Gasteiger partial charge >= 0.3 is 0 Å². The highest BCUT2D eigenvalue weighted by Crippen LogP contribution is 2.55. The molecule has 148 valence electrons. The molecule has 2 aliphatic carbocycles. The molecule has 0 saturated heterocycles. The van der Waals surface area contributed by atoms with Crippen molar-refractivity contribution in [1.82, 2.24) is 0 Å². The second-order valence-electron chi connectivity index (χ2n) is 9.88. The fourth-order valence-electron chi connectivity index (χ4n) is 5.79. The molecule has 2 unspecified atom stereocenters. The first kappa shape index (κ1) is 18.8. The topological polar surface area (TPSA) is 26.3 Å². The molecule has 0 N–H and O–H groups in total. The minimum absolute atomic E-state index is 0.239. The van der Waals surface area contributed by atoms with Gasteiger partial charge in [0.05, 0.1) is 21.3 Å². The number of rotatable bonds is 1. The van der Waals surface area contributed by atoms with Gasteiger partial charge in [-0.05, 0) is 58.9 Å². The molecule has 2 atom stereocenters. The Bertz CT molecular complexity index is 1110. The number of carbonyl (C=O) groups excluding carboxylic acids is 1. The highest BCUT2D eigenvalue weighted by molar-refractivity contribution is 6.79. The summed E-state index contributed by atoms with van der Waals surface area (Å²) in [5.74, 6) is 0.491. The molecule has 2 aromatic rings. The van der Waals surface area contributed by atoms with Gasteiger partial charge in [-0.25, -0.2) is 0 Å². The van der Waals surface area contributed by atoms with Crippen molar-refractivity contribution in [2.75, 3.05) is 6.61 Å². The number of fused-ring (bicyclic) bond motifs is 5. The summed E-state index contributed by atoms with van der Waals surface area (Å²) in [4.78, 5) is 13.5. The molecule has 0 fully saturated rings. The first-order valence-electron chi connectivity index (χ1n) is 10.6. The van der Waals surface area contributed by atoms with Gasteiger partial charge < -0.3 is 4.74 Å². The van der Waals surface area contributed by atoms with E-state index in [0.29, 0.717) is 13.2 Å². The fourth-order valence-corrected chi connectivity index (χ4v) is 8.43. The minimum atomic E-state index is -1.70. The van der Waals surface area contributed by atoms with Crippen LogP contribution >= 0.6 is 0 Å². The number of ether oxygens (including phenoxy) is 1. The molecule has 3 aliphatic rings. The summed E-state index contributed by atoms with van der Waals surface area (Å²) >= 11 is 0. The zero-order chi connectivity index (χ0) is 20.5. The SMILES string of the molecule is Cc1cc(C)c2c(c1)COCC1C2=CC2=C(C(=O)c3ccccc32)C1[Si](C)(C)C. The normalized spacial score (nSPS) is 23.1. The van der Waals surface area contributed by atoms with Crippen molar-refractivity contribution >= 4 is 25.0 Å². The summed E-state index contributed by atoms with van der Waals surface area (Å²) in [5, 5.41) is 0. The van der Waals surface area contributed by atoms with Gasteiger partial charge in [0.15, 0.2) is 5.78 Å². The van der Waals surface area contributed by atoms with Gasteiger partial charge in [0.2, 0.25) is 0 Å². The zero-order valence-corrected chi connectivity index (χ0v) is 18.9. The van der Waals surface area contributed by atoms with Crippen molar-refractivity contribution in [1.29, 1.82) is 0 Å². The predicted octanol–water partition coefficient (Wildman–Crippen LogP) is 6.21. The lowest BCUT2D eigenvalue weighted by Gasteiger charge is -2.40. The van der Waals surface area contributed by atoms with E-state index in [1.807, 2.05) is 12.1 Å². The van der Waals surface area contributed by atoms with Gasteiger partial charge in [0, 0.05) is 17.1 Å². The Balaban J connectivity index is 1.82. The molecule has 2 nitrogen and oxygen atoms in total. The molecule has 5 rings (SSSR count). The second-order valence-corrected chi connectivity index (χ2v) is 15.2. The van der Waals surface area contributed by atoms with Gasteiger partial charge in [0.1, 0.15) is 0 Å². The van der Waals surface area contributed by atoms with E-state index in [1.165, 1.54) is 27.8 Å². The standard InChI is InChI=1S/C26H28O2Si/c1-15-10-16(2)23-17(11-15)13-28-14-22-21(23)12-20-18-8-6-7-9-19(18)25(27)24(20)26(22)29(3,4)5/h6-12,22,26H,13-14H2,1-5H3. The quantitative estimate of drug-likeness (QED) is 0.532. The van der Waals surface area contributed by atoms with Crippen LogP contribution in [0.1, 0.15) is 38.2 Å². The van der Waals surface area contributed by atoms with E-state index in [9.17, 15) is 4.79 Å². The maximum atomic E-state index is 13.5. The molecule has 2 aromatic carbocycles. The van der Waals surface area contributed by atoms with Crippen LogP contribution in [-0.2, 0) is 11.3 Å². The average Bonchev–Trinajstić information content (AvgIpc) is 2.81. The fraction of sp³-hybridized carbons (Fsp3) is 0.346. The summed E-state index contributed by atoms with van der Waals surface area (Å²) < 4.78 is 6.23. The molecular formula is C26H28O2Si. The van der Waals surface area contributed by atoms with Crippen molar-refractivity contribution in [2.24, 2.45) is 5.92 Å². The number of aryl methyl sites for hydroxylation is 2. The van der Waals surface area contributed by atoms with Crippen LogP contribution in [-0.4, -0.2) is 20.5 Å². The Morgan fingerprint density at radius 3 is 2.48 bits per heavy atom. The number of ketones is 1. The van der Waals surface area contributed by atoms with E-state index < -0.39 is 8.07 Å². The molecule has 3 heteroatoms. The number of carbonyl (C=O) groups is 1. The third-order valence-corrected chi connectivity index (χ3v) is 9.30. The van der Waals surface area contributed by atoms with Crippen molar-refractivity contribution in [3.05, 3.63) is 81.4 Å². The lowest BCUT2D eigenvalue weighted by Crippen LogP contribution is -2.39. The molecule has 1 aliphatic heterocycles. The molecule has 0 saturated carbocycles. The Morgan fingerprint density at radius 1 is 1.03 bits per heavy atom. The number of hydrogen-bond donors (Lipinski definition) is 0. The number of hydrogen-bond acceptors (Lipinski definition) is 2. The monoisotopic (exact) mass is 400 g/mol. The van der Waals surface area contributed by atoms with Crippen LogP contribution in [0.5, 0.6) is 0 Å². The maximum Gasteiger partial charge on any atom is 0.190 e. The van der Waals surface area contributed by atoms with Gasteiger partial charge in [-0.3, -0.25) is 4.79 Å². The summed E-state index contributed by atoms with van der Waals surface area (Å²) in [5.41, 5.74) is 11.1. The van der Waals surface area contributed by atoms with Crippen molar-refractivity contribution in [3.63, 3.8) is 0 Å². The lowest BCUT2D eigenvalue weighted by molar-refractivity contribution is 0.0985. The second kappa shape index (κ2) is 6.38. The zero-order valence-electron chi connectivity index (χ0n) is 17.9. The van der Waals surface area contributed by atoms with E-state index >= 15 is 0 Å². The molecule has 1 heterocycles. The molecule has 0 aromatic heterocycles. The Morgan fingerprint density at radius 2 is 1.76 bits per heavy atom. The Labute approximate surface area is 174 Å². The minimum Gasteiger partial charge on any atom is -0.376 e. The predicted molar refractivity (Wildman–Crippen MR) is 122 cm³/mol. The summed E-state index contributed by atoms with van der Waals surface area (Å²) in [6.45, 7) is 12.9. The first-order chi connectivity index (χ1) is 13.8. The number of benzene rings is 2. The number of Topliss-reactive ketones (excluding diaryl/α,β-unsaturated/α-hetero) is 1. The van der Waals surface area contributed by atoms with Crippen LogP contribution in [0, 0.1) is 19.8 Å². The summed E-state index contributed by atoms with van der Waals surface area (Å²) in [6, 6.07) is 12.7. The lowest BCUT2D eigenvalue weighted by atomic mass is 9.78. The summed E-state index contributed by atoms with van der Waals surface area (Å²) in [7, 11) is -1.70. The van der Waals surface area contributed by atoms with Crippen molar-refractivity contribution in [2.45, 2.75) is 45.6 Å². The molecule has 0 amide bonds. The van der Waals surface area contributed by atoms with Crippen LogP contribution in [0.15, 0.2) is 48.0 Å². The molecule has 29 heavy (non-hydrogen) atoms. The van der Waals surface area contributed by atoms with E-state index in [1.54, 1.807) is 0 Å². The molecular weight excluding hydrogens is 372 g/mol. The van der Waals surface area contributed by atoms with Crippen LogP contribution in [0.4, 0.5) is 0 Å². The van der Waals surface area contributed by atoms with Crippen LogP contribution in [0.25, 0.3) is 11.1 Å². The molecule has 0 bridgehead atoms. The van der Waals surface area contributed by atoms with E-state index in [2.05, 4.69) is 63.8 Å². The average molecular weight is 401 g/mol. The highest BCUT2D eigenvalue weighted by atomic mass is 28.3. The highest BCUT2D eigenvalue weighted by Gasteiger charge is 2.48. The van der Waals surface area contributed by atoms with Crippen LogP contribution in [0.2, 0.25) is 25.2 Å². The van der Waals surface area contributed by atoms with E-state index in [0.717, 1.165) is 22.3 Å². The van der Waals surface area contributed by atoms with Crippen LogP contribution < -0.4 is 0 Å². The van der Waals surface area contributed by atoms with E-state index in [-0.39, 0.29) is 17.2 Å². The number of allylic oxidation sites excluding steroid dienone is 3. The van der Waals surface area contributed by atoms with Gasteiger partial charge in [-0.1, -0.05) is 61.6 Å². The van der Waals surface area contributed by atoms with E-state index in [4.69, 9.17) is 4.74 Å². The van der Waals surface area contributed by atoms with Crippen molar-refractivity contribution < 1.29 is 9.53 Å². The Kier molecular flexibility index (Phi) is 4.13. The Hall–Kier alpha value is -2.23. The van der Waals surface area contributed by atoms with Gasteiger partial charge in [-0.2, -0.15) is 0 Å². The molecule has 0 spiro atoms. The third-order valence-electron chi connectivity index (χ3n) is 6.75.